The highest BCUT2D eigenvalue weighted by atomic mass is 32.1. The second-order valence-electron chi connectivity index (χ2n) is 6.75. The lowest BCUT2D eigenvalue weighted by Crippen LogP contribution is -2.38. The third kappa shape index (κ3) is 3.95. The van der Waals surface area contributed by atoms with E-state index in [9.17, 15) is 14.4 Å². The van der Waals surface area contributed by atoms with Crippen LogP contribution in [0.2, 0.25) is 0 Å². The minimum Gasteiger partial charge on any atom is -0.461 e. The lowest BCUT2D eigenvalue weighted by atomic mass is 10.2. The van der Waals surface area contributed by atoms with Gasteiger partial charge in [0.1, 0.15) is 9.71 Å². The summed E-state index contributed by atoms with van der Waals surface area (Å²) in [5, 5.41) is 0.328. The van der Waals surface area contributed by atoms with Gasteiger partial charge in [-0.05, 0) is 23.8 Å². The maximum Gasteiger partial charge on any atom is 0.348 e. The van der Waals surface area contributed by atoms with E-state index in [4.69, 9.17) is 4.74 Å². The lowest BCUT2D eigenvalue weighted by molar-refractivity contribution is 0.0514. The summed E-state index contributed by atoms with van der Waals surface area (Å²) >= 11 is 1.08. The first-order chi connectivity index (χ1) is 14.5. The van der Waals surface area contributed by atoms with Crippen LogP contribution in [0, 0.1) is 0 Å². The molecule has 0 unspecified atom stereocenters. The topological polar surface area (TPSA) is 83.2 Å². The van der Waals surface area contributed by atoms with Crippen LogP contribution in [0.3, 0.4) is 0 Å². The highest BCUT2D eigenvalue weighted by molar-refractivity contribution is 7.20. The van der Waals surface area contributed by atoms with Gasteiger partial charge in [-0.25, -0.2) is 9.59 Å². The van der Waals surface area contributed by atoms with Crippen LogP contribution in [-0.4, -0.2) is 26.7 Å². The van der Waals surface area contributed by atoms with Gasteiger partial charge in [-0.3, -0.25) is 18.9 Å². The maximum atomic E-state index is 12.9. The van der Waals surface area contributed by atoms with Crippen molar-refractivity contribution in [2.45, 2.75) is 13.0 Å². The average molecular weight is 421 g/mol. The number of esters is 1. The quantitative estimate of drug-likeness (QED) is 0.447. The number of rotatable bonds is 6. The fraction of sp³-hybridized carbons (Fsp3) is 0.182. The minimum atomic E-state index is -0.520. The van der Waals surface area contributed by atoms with Crippen LogP contribution < -0.4 is 11.2 Å². The molecule has 3 aromatic heterocycles. The molecule has 0 amide bonds. The van der Waals surface area contributed by atoms with Crippen LogP contribution in [0.25, 0.3) is 10.2 Å². The Bertz CT molecular complexity index is 1310. The Labute approximate surface area is 175 Å². The van der Waals surface area contributed by atoms with E-state index in [1.165, 1.54) is 15.2 Å². The van der Waals surface area contributed by atoms with Gasteiger partial charge in [-0.15, -0.1) is 11.3 Å². The van der Waals surface area contributed by atoms with Crippen molar-refractivity contribution in [1.82, 2.24) is 14.1 Å². The number of carbonyl (C=O) groups is 1. The molecule has 30 heavy (non-hydrogen) atoms. The molecule has 0 fully saturated rings. The SMILES string of the molecule is Cn1c(=O)n(Cc2ccccc2)c(=O)c2cc(C(=O)OCCc3ccccn3)sc21. The molecule has 0 bridgehead atoms. The molecule has 1 aromatic carbocycles. The van der Waals surface area contributed by atoms with Crippen molar-refractivity contribution in [1.29, 1.82) is 0 Å². The first-order valence-electron chi connectivity index (χ1n) is 9.39. The van der Waals surface area contributed by atoms with E-state index in [1.54, 1.807) is 13.2 Å². The highest BCUT2D eigenvalue weighted by Crippen LogP contribution is 2.22. The molecule has 0 saturated heterocycles. The fourth-order valence-electron chi connectivity index (χ4n) is 3.16. The molecule has 0 aliphatic heterocycles. The number of hydrogen-bond acceptors (Lipinski definition) is 6. The van der Waals surface area contributed by atoms with Crippen LogP contribution in [0.4, 0.5) is 0 Å². The fourth-order valence-corrected chi connectivity index (χ4v) is 4.15. The molecular formula is C22H19N3O4S. The second-order valence-corrected chi connectivity index (χ2v) is 7.79. The zero-order chi connectivity index (χ0) is 21.1. The van der Waals surface area contributed by atoms with E-state index in [0.29, 0.717) is 16.6 Å². The third-order valence-corrected chi connectivity index (χ3v) is 5.90. The van der Waals surface area contributed by atoms with Crippen molar-refractivity contribution in [3.05, 3.63) is 97.8 Å². The van der Waals surface area contributed by atoms with E-state index in [2.05, 4.69) is 4.98 Å². The Morgan fingerprint density at radius 1 is 1.10 bits per heavy atom. The molecule has 0 N–H and O–H groups in total. The van der Waals surface area contributed by atoms with Gasteiger partial charge < -0.3 is 4.74 Å². The monoisotopic (exact) mass is 421 g/mol. The number of ether oxygens (including phenoxy) is 1. The van der Waals surface area contributed by atoms with Crippen LogP contribution in [0.1, 0.15) is 20.9 Å². The number of carbonyl (C=O) groups excluding carboxylic acids is 1. The normalized spacial score (nSPS) is 11.0. The van der Waals surface area contributed by atoms with Gasteiger partial charge in [0, 0.05) is 25.4 Å². The molecule has 3 heterocycles. The molecule has 4 aromatic rings. The molecule has 0 atom stereocenters. The molecule has 4 rings (SSSR count). The van der Waals surface area contributed by atoms with Crippen molar-refractivity contribution in [3.8, 4) is 0 Å². The van der Waals surface area contributed by atoms with Gasteiger partial charge in [-0.2, -0.15) is 0 Å². The standard InChI is InChI=1S/C22H19N3O4S/c1-24-20-17(19(26)25(22(24)28)14-15-7-3-2-4-8-15)13-18(30-20)21(27)29-12-10-16-9-5-6-11-23-16/h2-9,11,13H,10,12,14H2,1H3. The Hall–Kier alpha value is -3.52. The molecule has 152 valence electrons. The number of benzene rings is 1. The van der Waals surface area contributed by atoms with Crippen LogP contribution in [0.5, 0.6) is 0 Å². The van der Waals surface area contributed by atoms with Gasteiger partial charge in [0.2, 0.25) is 0 Å². The number of nitrogens with zero attached hydrogens (tertiary/aromatic N) is 3. The highest BCUT2D eigenvalue weighted by Gasteiger charge is 2.18. The summed E-state index contributed by atoms with van der Waals surface area (Å²) in [5.74, 6) is -0.520. The Morgan fingerprint density at radius 3 is 2.60 bits per heavy atom. The first kappa shape index (κ1) is 19.8. The van der Waals surface area contributed by atoms with E-state index < -0.39 is 17.2 Å². The number of pyridine rings is 1. The summed E-state index contributed by atoms with van der Waals surface area (Å²) in [6.07, 6.45) is 2.18. The number of aryl methyl sites for hydroxylation is 1. The molecule has 7 nitrogen and oxygen atoms in total. The van der Waals surface area contributed by atoms with E-state index in [0.717, 1.165) is 22.6 Å². The third-order valence-electron chi connectivity index (χ3n) is 4.71. The molecule has 0 radical (unpaired) electrons. The predicted octanol–water partition coefficient (Wildman–Crippen LogP) is 2.60. The van der Waals surface area contributed by atoms with Gasteiger partial charge in [0.15, 0.2) is 0 Å². The summed E-state index contributed by atoms with van der Waals surface area (Å²) in [5.41, 5.74) is 0.835. The van der Waals surface area contributed by atoms with Crippen molar-refractivity contribution in [2.24, 2.45) is 7.05 Å². The first-order valence-corrected chi connectivity index (χ1v) is 10.2. The molecule has 0 aliphatic carbocycles. The summed E-state index contributed by atoms with van der Waals surface area (Å²) in [6.45, 7) is 0.350. The van der Waals surface area contributed by atoms with E-state index >= 15 is 0 Å². The molecule has 0 spiro atoms. The van der Waals surface area contributed by atoms with E-state index in [1.807, 2.05) is 48.5 Å². The van der Waals surface area contributed by atoms with Crippen LogP contribution in [-0.2, 0) is 24.8 Å². The van der Waals surface area contributed by atoms with Crippen LogP contribution in [0.15, 0.2) is 70.4 Å². The zero-order valence-electron chi connectivity index (χ0n) is 16.3. The van der Waals surface area contributed by atoms with Gasteiger partial charge in [0.05, 0.1) is 18.5 Å². The van der Waals surface area contributed by atoms with Crippen molar-refractivity contribution < 1.29 is 9.53 Å². The molecule has 0 saturated carbocycles. The second kappa shape index (κ2) is 8.46. The molecule has 8 heteroatoms. The van der Waals surface area contributed by atoms with Crippen molar-refractivity contribution in [2.75, 3.05) is 6.61 Å². The zero-order valence-corrected chi connectivity index (χ0v) is 17.1. The number of thiophene rings is 1. The van der Waals surface area contributed by atoms with Crippen molar-refractivity contribution in [3.63, 3.8) is 0 Å². The predicted molar refractivity (Wildman–Crippen MR) is 115 cm³/mol. The minimum absolute atomic E-state index is 0.169. The van der Waals surface area contributed by atoms with E-state index in [-0.39, 0.29) is 18.0 Å². The summed E-state index contributed by atoms with van der Waals surface area (Å²) in [4.78, 5) is 43.0. The average Bonchev–Trinajstić information content (AvgIpc) is 3.23. The van der Waals surface area contributed by atoms with Crippen LogP contribution >= 0.6 is 11.3 Å². The largest absolute Gasteiger partial charge is 0.461 e. The Kier molecular flexibility index (Phi) is 5.58. The lowest BCUT2D eigenvalue weighted by Gasteiger charge is -2.08. The summed E-state index contributed by atoms with van der Waals surface area (Å²) < 4.78 is 7.91. The smallest absolute Gasteiger partial charge is 0.348 e. The Balaban J connectivity index is 1.59. The molecule has 0 aliphatic rings. The summed E-state index contributed by atoms with van der Waals surface area (Å²) in [7, 11) is 1.60. The summed E-state index contributed by atoms with van der Waals surface area (Å²) in [6, 6.07) is 16.4. The van der Waals surface area contributed by atoms with Gasteiger partial charge in [-0.1, -0.05) is 36.4 Å². The maximum absolute atomic E-state index is 12.9. The van der Waals surface area contributed by atoms with Gasteiger partial charge >= 0.3 is 11.7 Å². The number of fused-ring (bicyclic) bond motifs is 1. The molecular weight excluding hydrogens is 402 g/mol. The van der Waals surface area contributed by atoms with Gasteiger partial charge in [0.25, 0.3) is 5.56 Å². The Morgan fingerprint density at radius 2 is 1.87 bits per heavy atom. The number of aromatic nitrogens is 3. The number of hydrogen-bond donors (Lipinski definition) is 0. The van der Waals surface area contributed by atoms with Crippen molar-refractivity contribution >= 4 is 27.5 Å².